The van der Waals surface area contributed by atoms with Crippen molar-refractivity contribution >= 4 is 27.3 Å². The van der Waals surface area contributed by atoms with Crippen LogP contribution in [0.5, 0.6) is 0 Å². The molecule has 0 bridgehead atoms. The lowest BCUT2D eigenvalue weighted by Gasteiger charge is -2.19. The Bertz CT molecular complexity index is 1270. The summed E-state index contributed by atoms with van der Waals surface area (Å²) in [5, 5.41) is 14.2. The molecule has 0 spiro atoms. The van der Waals surface area contributed by atoms with E-state index in [2.05, 4.69) is 15.0 Å². The van der Waals surface area contributed by atoms with E-state index in [-0.39, 0.29) is 33.7 Å². The van der Waals surface area contributed by atoms with Gasteiger partial charge in [-0.15, -0.1) is 0 Å². The summed E-state index contributed by atoms with van der Waals surface area (Å²) in [6.07, 6.45) is 3.00. The summed E-state index contributed by atoms with van der Waals surface area (Å²) >= 11 is 0. The van der Waals surface area contributed by atoms with Gasteiger partial charge < -0.3 is 5.32 Å². The number of nitro groups is 1. The van der Waals surface area contributed by atoms with Crippen molar-refractivity contribution in [3.8, 4) is 0 Å². The van der Waals surface area contributed by atoms with E-state index in [1.54, 1.807) is 30.5 Å². The monoisotopic (exact) mass is 468 g/mol. The molecule has 0 saturated carbocycles. The molecule has 0 radical (unpaired) electrons. The number of rotatable bonds is 7. The summed E-state index contributed by atoms with van der Waals surface area (Å²) in [5.41, 5.74) is 1.14. The fraction of sp³-hybridized carbons (Fsp3) is 0.217. The first-order valence-corrected chi connectivity index (χ1v) is 11.5. The summed E-state index contributed by atoms with van der Waals surface area (Å²) in [6, 6.07) is 13.7. The number of amides is 1. The van der Waals surface area contributed by atoms with Gasteiger partial charge in [-0.3, -0.25) is 19.9 Å². The fourth-order valence-corrected chi connectivity index (χ4v) is 4.06. The normalized spacial score (nSPS) is 11.7. The predicted molar refractivity (Wildman–Crippen MR) is 124 cm³/mol. The second-order valence-corrected chi connectivity index (χ2v) is 10.2. The maximum absolute atomic E-state index is 12.7. The van der Waals surface area contributed by atoms with E-state index in [1.165, 1.54) is 30.5 Å². The fourth-order valence-electron chi connectivity index (χ4n) is 3.05. The van der Waals surface area contributed by atoms with Crippen LogP contribution in [-0.4, -0.2) is 24.2 Å². The molecule has 1 aromatic heterocycles. The molecule has 1 heterocycles. The zero-order valence-corrected chi connectivity index (χ0v) is 19.2. The summed E-state index contributed by atoms with van der Waals surface area (Å²) in [5.74, 6) is -0.544. The van der Waals surface area contributed by atoms with Gasteiger partial charge in [0.15, 0.2) is 0 Å². The topological polar surface area (TPSA) is 131 Å². The van der Waals surface area contributed by atoms with Gasteiger partial charge in [0, 0.05) is 29.9 Å². The summed E-state index contributed by atoms with van der Waals surface area (Å²) in [7, 11) is -3.89. The standard InChI is InChI=1S/C23H24N4O5S/c1-23(2,3)18-8-10-20(11-9-18)33(31,32)25-14-17-7-6-16(13-21(17)27(29)30)22(28)26-19-5-4-12-24-15-19/h4-13,15,25H,14H2,1-3H3,(H,26,28). The van der Waals surface area contributed by atoms with Crippen LogP contribution in [0.1, 0.15) is 42.3 Å². The zero-order valence-electron chi connectivity index (χ0n) is 18.4. The number of hydrogen-bond acceptors (Lipinski definition) is 6. The molecule has 3 rings (SSSR count). The Balaban J connectivity index is 1.77. The molecule has 0 aliphatic heterocycles. The van der Waals surface area contributed by atoms with Gasteiger partial charge in [-0.05, 0) is 41.3 Å². The van der Waals surface area contributed by atoms with Crippen LogP contribution in [0.2, 0.25) is 0 Å². The van der Waals surface area contributed by atoms with Crippen molar-refractivity contribution in [2.75, 3.05) is 5.32 Å². The second-order valence-electron chi connectivity index (χ2n) is 8.40. The number of pyridine rings is 1. The number of sulfonamides is 1. The lowest BCUT2D eigenvalue weighted by molar-refractivity contribution is -0.385. The lowest BCUT2D eigenvalue weighted by atomic mass is 9.87. The van der Waals surface area contributed by atoms with Crippen LogP contribution in [0.25, 0.3) is 0 Å². The van der Waals surface area contributed by atoms with Crippen molar-refractivity contribution in [1.82, 2.24) is 9.71 Å². The highest BCUT2D eigenvalue weighted by Crippen LogP contribution is 2.24. The van der Waals surface area contributed by atoms with Gasteiger partial charge in [0.25, 0.3) is 11.6 Å². The molecule has 0 atom stereocenters. The van der Waals surface area contributed by atoms with E-state index in [9.17, 15) is 23.3 Å². The van der Waals surface area contributed by atoms with E-state index < -0.39 is 20.9 Å². The number of nitro benzene ring substituents is 1. The molecular weight excluding hydrogens is 444 g/mol. The molecule has 33 heavy (non-hydrogen) atoms. The van der Waals surface area contributed by atoms with E-state index in [0.29, 0.717) is 5.69 Å². The van der Waals surface area contributed by atoms with Crippen LogP contribution in [0.3, 0.4) is 0 Å². The average molecular weight is 469 g/mol. The number of benzene rings is 2. The number of anilines is 1. The minimum Gasteiger partial charge on any atom is -0.321 e. The maximum atomic E-state index is 12.7. The summed E-state index contributed by atoms with van der Waals surface area (Å²) < 4.78 is 27.7. The van der Waals surface area contributed by atoms with Gasteiger partial charge in [0.2, 0.25) is 10.0 Å². The van der Waals surface area contributed by atoms with E-state index in [4.69, 9.17) is 0 Å². The van der Waals surface area contributed by atoms with Crippen molar-refractivity contribution in [3.63, 3.8) is 0 Å². The van der Waals surface area contributed by atoms with Crippen molar-refractivity contribution < 1.29 is 18.1 Å². The first kappa shape index (κ1) is 24.0. The third-order valence-corrected chi connectivity index (χ3v) is 6.36. The zero-order chi connectivity index (χ0) is 24.2. The minimum atomic E-state index is -3.89. The molecule has 172 valence electrons. The first-order valence-electron chi connectivity index (χ1n) is 10.1. The van der Waals surface area contributed by atoms with Gasteiger partial charge >= 0.3 is 0 Å². The van der Waals surface area contributed by atoms with Gasteiger partial charge in [-0.2, -0.15) is 0 Å². The Kier molecular flexibility index (Phi) is 6.89. The van der Waals surface area contributed by atoms with E-state index in [0.717, 1.165) is 11.6 Å². The summed E-state index contributed by atoms with van der Waals surface area (Å²) in [4.78, 5) is 27.3. The van der Waals surface area contributed by atoms with E-state index in [1.807, 2.05) is 20.8 Å². The highest BCUT2D eigenvalue weighted by atomic mass is 32.2. The molecule has 2 N–H and O–H groups in total. The Morgan fingerprint density at radius 1 is 1.09 bits per heavy atom. The first-order chi connectivity index (χ1) is 15.5. The Morgan fingerprint density at radius 3 is 2.36 bits per heavy atom. The number of carbonyl (C=O) groups is 1. The smallest absolute Gasteiger partial charge is 0.274 e. The predicted octanol–water partition coefficient (Wildman–Crippen LogP) is 4.02. The lowest BCUT2D eigenvalue weighted by Crippen LogP contribution is -2.24. The highest BCUT2D eigenvalue weighted by molar-refractivity contribution is 7.89. The minimum absolute atomic E-state index is 0.0608. The van der Waals surface area contributed by atoms with Crippen molar-refractivity contribution in [3.05, 3.63) is 93.8 Å². The molecule has 2 aromatic carbocycles. The average Bonchev–Trinajstić information content (AvgIpc) is 2.77. The van der Waals surface area contributed by atoms with Gasteiger partial charge in [-0.25, -0.2) is 13.1 Å². The number of nitrogens with one attached hydrogen (secondary N) is 2. The molecule has 0 saturated heterocycles. The van der Waals surface area contributed by atoms with Crippen LogP contribution < -0.4 is 10.0 Å². The van der Waals surface area contributed by atoms with Crippen molar-refractivity contribution in [1.29, 1.82) is 0 Å². The number of hydrogen-bond donors (Lipinski definition) is 2. The molecule has 0 fully saturated rings. The quantitative estimate of drug-likeness (QED) is 0.398. The van der Waals surface area contributed by atoms with Crippen LogP contribution in [-0.2, 0) is 22.0 Å². The third kappa shape index (κ3) is 5.99. The molecule has 10 heteroatoms. The molecule has 0 unspecified atom stereocenters. The Morgan fingerprint density at radius 2 is 1.79 bits per heavy atom. The van der Waals surface area contributed by atoms with Crippen LogP contribution in [0.4, 0.5) is 11.4 Å². The van der Waals surface area contributed by atoms with Crippen LogP contribution in [0, 0.1) is 10.1 Å². The van der Waals surface area contributed by atoms with Gasteiger partial charge in [-0.1, -0.05) is 39.0 Å². The third-order valence-electron chi connectivity index (χ3n) is 4.95. The van der Waals surface area contributed by atoms with Crippen molar-refractivity contribution in [2.45, 2.75) is 37.6 Å². The SMILES string of the molecule is CC(C)(C)c1ccc(S(=O)(=O)NCc2ccc(C(=O)Nc3cccnc3)cc2[N+](=O)[O-])cc1. The number of carbonyl (C=O) groups excluding carboxylic acids is 1. The maximum Gasteiger partial charge on any atom is 0.274 e. The Hall–Kier alpha value is -3.63. The highest BCUT2D eigenvalue weighted by Gasteiger charge is 2.21. The second kappa shape index (κ2) is 9.47. The van der Waals surface area contributed by atoms with E-state index >= 15 is 0 Å². The molecular formula is C23H24N4O5S. The molecule has 1 amide bonds. The largest absolute Gasteiger partial charge is 0.321 e. The molecule has 0 aliphatic carbocycles. The van der Waals surface area contributed by atoms with Gasteiger partial charge in [0.1, 0.15) is 0 Å². The number of nitrogens with zero attached hydrogens (tertiary/aromatic N) is 2. The number of aromatic nitrogens is 1. The molecule has 3 aromatic rings. The Labute approximate surface area is 192 Å². The van der Waals surface area contributed by atoms with Crippen LogP contribution in [0.15, 0.2) is 71.9 Å². The van der Waals surface area contributed by atoms with Crippen molar-refractivity contribution in [2.24, 2.45) is 0 Å². The van der Waals surface area contributed by atoms with Crippen LogP contribution >= 0.6 is 0 Å². The van der Waals surface area contributed by atoms with Gasteiger partial charge in [0.05, 0.1) is 21.7 Å². The molecule has 9 nitrogen and oxygen atoms in total. The molecule has 0 aliphatic rings. The summed E-state index contributed by atoms with van der Waals surface area (Å²) in [6.45, 7) is 5.77.